The number of halogens is 1. The Morgan fingerprint density at radius 1 is 1.46 bits per heavy atom. The molecule has 1 fully saturated rings. The number of benzene rings is 1. The van der Waals surface area contributed by atoms with Gasteiger partial charge in [-0.1, -0.05) is 6.92 Å². The number of morpholine rings is 1. The number of anilines is 2. The van der Waals surface area contributed by atoms with Gasteiger partial charge in [0.2, 0.25) is 0 Å². The van der Waals surface area contributed by atoms with E-state index in [1.807, 2.05) is 4.90 Å². The smallest absolute Gasteiger partial charge is 0.411 e. The first-order chi connectivity index (χ1) is 11.5. The van der Waals surface area contributed by atoms with E-state index in [2.05, 4.69) is 0 Å². The SMILES string of the molecule is CCc1c(N(CC(O)CN)C(=O)O)ccc(N2CCOCC2)c1F. The second-order valence-corrected chi connectivity index (χ2v) is 5.63. The Labute approximate surface area is 140 Å². The number of hydrogen-bond acceptors (Lipinski definition) is 5. The first-order valence-corrected chi connectivity index (χ1v) is 8.02. The average molecular weight is 341 g/mol. The summed E-state index contributed by atoms with van der Waals surface area (Å²) in [7, 11) is 0. The van der Waals surface area contributed by atoms with Crippen LogP contribution in [0.4, 0.5) is 20.6 Å². The van der Waals surface area contributed by atoms with Crippen LogP contribution in [0.15, 0.2) is 12.1 Å². The minimum Gasteiger partial charge on any atom is -0.465 e. The number of nitrogens with two attached hydrogens (primary N) is 1. The minimum atomic E-state index is -1.25. The lowest BCUT2D eigenvalue weighted by Crippen LogP contribution is -2.40. The van der Waals surface area contributed by atoms with Gasteiger partial charge in [0.25, 0.3) is 0 Å². The quantitative estimate of drug-likeness (QED) is 0.715. The molecule has 0 radical (unpaired) electrons. The van der Waals surface area contributed by atoms with E-state index in [-0.39, 0.29) is 18.8 Å². The van der Waals surface area contributed by atoms with Gasteiger partial charge in [0.05, 0.1) is 37.2 Å². The third-order valence-electron chi connectivity index (χ3n) is 4.09. The van der Waals surface area contributed by atoms with Crippen LogP contribution in [-0.2, 0) is 11.2 Å². The fourth-order valence-electron chi connectivity index (χ4n) is 2.80. The normalized spacial score (nSPS) is 16.1. The molecule has 0 bridgehead atoms. The number of aliphatic hydroxyl groups is 1. The predicted molar refractivity (Wildman–Crippen MR) is 89.2 cm³/mol. The lowest BCUT2D eigenvalue weighted by molar-refractivity contribution is 0.122. The van der Waals surface area contributed by atoms with E-state index in [0.29, 0.717) is 44.0 Å². The fourth-order valence-corrected chi connectivity index (χ4v) is 2.80. The maximum Gasteiger partial charge on any atom is 0.411 e. The number of nitrogens with zero attached hydrogens (tertiary/aromatic N) is 2. The number of aliphatic hydroxyl groups excluding tert-OH is 1. The molecule has 24 heavy (non-hydrogen) atoms. The Morgan fingerprint density at radius 3 is 2.67 bits per heavy atom. The van der Waals surface area contributed by atoms with Crippen molar-refractivity contribution in [3.8, 4) is 0 Å². The van der Waals surface area contributed by atoms with E-state index < -0.39 is 18.0 Å². The van der Waals surface area contributed by atoms with Gasteiger partial charge in [-0.05, 0) is 18.6 Å². The van der Waals surface area contributed by atoms with Crippen LogP contribution in [-0.4, -0.2) is 61.8 Å². The molecule has 0 saturated carbocycles. The summed E-state index contributed by atoms with van der Waals surface area (Å²) in [6, 6.07) is 3.17. The highest BCUT2D eigenvalue weighted by molar-refractivity contribution is 5.88. The van der Waals surface area contributed by atoms with E-state index in [0.717, 1.165) is 4.90 Å². The zero-order valence-corrected chi connectivity index (χ0v) is 13.7. The summed E-state index contributed by atoms with van der Waals surface area (Å²) in [5.41, 5.74) is 6.36. The lowest BCUT2D eigenvalue weighted by atomic mass is 10.1. The van der Waals surface area contributed by atoms with Crippen molar-refractivity contribution in [2.75, 3.05) is 49.2 Å². The maximum absolute atomic E-state index is 15.0. The Morgan fingerprint density at radius 2 is 2.12 bits per heavy atom. The van der Waals surface area contributed by atoms with Gasteiger partial charge >= 0.3 is 6.09 Å². The van der Waals surface area contributed by atoms with Crippen LogP contribution in [0.5, 0.6) is 0 Å². The molecule has 1 unspecified atom stereocenters. The van der Waals surface area contributed by atoms with Crippen LogP contribution in [0, 0.1) is 5.82 Å². The van der Waals surface area contributed by atoms with E-state index in [1.165, 1.54) is 0 Å². The summed E-state index contributed by atoms with van der Waals surface area (Å²) in [6.45, 7) is 3.75. The molecule has 1 aliphatic rings. The molecular weight excluding hydrogens is 317 g/mol. The molecule has 1 heterocycles. The summed E-state index contributed by atoms with van der Waals surface area (Å²) >= 11 is 0. The summed E-state index contributed by atoms with van der Waals surface area (Å²) in [6.07, 6.45) is -1.93. The van der Waals surface area contributed by atoms with Crippen LogP contribution < -0.4 is 15.5 Å². The highest BCUT2D eigenvalue weighted by atomic mass is 19.1. The second kappa shape index (κ2) is 8.27. The van der Waals surface area contributed by atoms with Crippen molar-refractivity contribution in [1.82, 2.24) is 0 Å². The second-order valence-electron chi connectivity index (χ2n) is 5.63. The van der Waals surface area contributed by atoms with Gasteiger partial charge in [0.15, 0.2) is 5.82 Å². The van der Waals surface area contributed by atoms with Crippen LogP contribution >= 0.6 is 0 Å². The Bertz CT molecular complexity index is 579. The summed E-state index contributed by atoms with van der Waals surface area (Å²) in [5, 5.41) is 19.1. The summed E-state index contributed by atoms with van der Waals surface area (Å²) < 4.78 is 20.2. The highest BCUT2D eigenvalue weighted by Gasteiger charge is 2.25. The predicted octanol–water partition coefficient (Wildman–Crippen LogP) is 1.03. The van der Waals surface area contributed by atoms with Crippen LogP contribution in [0.1, 0.15) is 12.5 Å². The Balaban J connectivity index is 2.39. The Hall–Kier alpha value is -1.90. The molecule has 1 saturated heterocycles. The number of ether oxygens (including phenoxy) is 1. The molecule has 0 spiro atoms. The van der Waals surface area contributed by atoms with Gasteiger partial charge in [0, 0.05) is 25.2 Å². The average Bonchev–Trinajstić information content (AvgIpc) is 2.59. The van der Waals surface area contributed by atoms with Crippen LogP contribution in [0.3, 0.4) is 0 Å². The minimum absolute atomic E-state index is 0.0699. The number of amides is 1. The first-order valence-electron chi connectivity index (χ1n) is 8.02. The number of hydrogen-bond donors (Lipinski definition) is 3. The molecule has 7 nitrogen and oxygen atoms in total. The molecule has 0 aromatic heterocycles. The monoisotopic (exact) mass is 341 g/mol. The van der Waals surface area contributed by atoms with E-state index in [9.17, 15) is 19.4 Å². The fraction of sp³-hybridized carbons (Fsp3) is 0.562. The van der Waals surface area contributed by atoms with Gasteiger partial charge in [-0.25, -0.2) is 9.18 Å². The molecule has 1 atom stereocenters. The molecule has 2 rings (SSSR count). The number of rotatable bonds is 6. The van der Waals surface area contributed by atoms with Crippen LogP contribution in [0.2, 0.25) is 0 Å². The van der Waals surface area contributed by atoms with Crippen molar-refractivity contribution >= 4 is 17.5 Å². The number of carbonyl (C=O) groups is 1. The van der Waals surface area contributed by atoms with Gasteiger partial charge < -0.3 is 25.6 Å². The first kappa shape index (κ1) is 18.4. The molecule has 1 aromatic rings. The molecule has 1 aromatic carbocycles. The zero-order chi connectivity index (χ0) is 17.7. The maximum atomic E-state index is 15.0. The van der Waals surface area contributed by atoms with E-state index in [4.69, 9.17) is 10.5 Å². The van der Waals surface area contributed by atoms with Gasteiger partial charge in [-0.15, -0.1) is 0 Å². The van der Waals surface area contributed by atoms with Gasteiger partial charge in [-0.3, -0.25) is 4.90 Å². The summed E-state index contributed by atoms with van der Waals surface area (Å²) in [5.74, 6) is -0.426. The van der Waals surface area contributed by atoms with Gasteiger partial charge in [0.1, 0.15) is 0 Å². The molecule has 134 valence electrons. The molecule has 1 amide bonds. The van der Waals surface area contributed by atoms with Crippen molar-refractivity contribution in [2.45, 2.75) is 19.4 Å². The van der Waals surface area contributed by atoms with Crippen molar-refractivity contribution in [3.63, 3.8) is 0 Å². The molecule has 4 N–H and O–H groups in total. The molecule has 0 aliphatic carbocycles. The van der Waals surface area contributed by atoms with Crippen molar-refractivity contribution < 1.29 is 24.1 Å². The van der Waals surface area contributed by atoms with Gasteiger partial charge in [-0.2, -0.15) is 0 Å². The van der Waals surface area contributed by atoms with Crippen molar-refractivity contribution in [3.05, 3.63) is 23.5 Å². The molecule has 1 aliphatic heterocycles. The molecule has 8 heteroatoms. The topological polar surface area (TPSA) is 99.3 Å². The third-order valence-corrected chi connectivity index (χ3v) is 4.09. The molecular formula is C16H24FN3O4. The number of carboxylic acid groups (broad SMARTS) is 1. The largest absolute Gasteiger partial charge is 0.465 e. The summed E-state index contributed by atoms with van der Waals surface area (Å²) in [4.78, 5) is 14.4. The zero-order valence-electron chi connectivity index (χ0n) is 13.7. The van der Waals surface area contributed by atoms with E-state index >= 15 is 0 Å². The van der Waals surface area contributed by atoms with Crippen molar-refractivity contribution in [1.29, 1.82) is 0 Å². The third kappa shape index (κ3) is 3.95. The van der Waals surface area contributed by atoms with E-state index in [1.54, 1.807) is 19.1 Å². The standard InChI is InChI=1S/C16H24FN3O4/c1-2-12-13(20(16(22)23)10-11(21)9-18)3-4-14(15(12)17)19-5-7-24-8-6-19/h3-4,11,21H,2,5-10,18H2,1H3,(H,22,23). The lowest BCUT2D eigenvalue weighted by Gasteiger charge is -2.31. The van der Waals surface area contributed by atoms with Crippen LogP contribution in [0.25, 0.3) is 0 Å². The Kier molecular flexibility index (Phi) is 6.36. The van der Waals surface area contributed by atoms with Crippen molar-refractivity contribution in [2.24, 2.45) is 5.73 Å². The highest BCUT2D eigenvalue weighted by Crippen LogP contribution is 2.32.